The third-order valence-electron chi connectivity index (χ3n) is 8.63. The van der Waals surface area contributed by atoms with E-state index in [1.54, 1.807) is 6.08 Å². The van der Waals surface area contributed by atoms with Crippen LogP contribution in [-0.4, -0.2) is 34.9 Å². The van der Waals surface area contributed by atoms with E-state index in [0.717, 1.165) is 25.7 Å². The summed E-state index contributed by atoms with van der Waals surface area (Å²) < 4.78 is 0. The second-order valence-electron chi connectivity index (χ2n) is 13.0. The second-order valence-corrected chi connectivity index (χ2v) is 13.0. The van der Waals surface area contributed by atoms with Crippen molar-refractivity contribution in [3.8, 4) is 0 Å². The highest BCUT2D eigenvalue weighted by Gasteiger charge is 2.17. The molecule has 3 N–H and O–H groups in total. The molecule has 2 unspecified atom stereocenters. The number of aliphatic hydroxyl groups excluding tert-OH is 2. The summed E-state index contributed by atoms with van der Waals surface area (Å²) in [5, 5.41) is 22.8. The Morgan fingerprint density at radius 1 is 0.545 bits per heavy atom. The molecule has 0 saturated heterocycles. The number of aliphatic hydroxyl groups is 2. The maximum atomic E-state index is 12.3. The molecule has 0 aliphatic carbocycles. The molecule has 1 amide bonds. The van der Waals surface area contributed by atoms with Crippen LogP contribution in [0.3, 0.4) is 0 Å². The van der Waals surface area contributed by atoms with Crippen molar-refractivity contribution < 1.29 is 15.0 Å². The lowest BCUT2D eigenvalue weighted by Gasteiger charge is -2.19. The van der Waals surface area contributed by atoms with Gasteiger partial charge in [0.2, 0.25) is 5.91 Å². The van der Waals surface area contributed by atoms with Gasteiger partial charge in [0.1, 0.15) is 0 Å². The number of carbonyl (C=O) groups excluding carboxylic acids is 1. The summed E-state index contributed by atoms with van der Waals surface area (Å²) in [5.41, 5.74) is 0. The third kappa shape index (κ3) is 32.0. The number of allylic oxidation sites excluding steroid dienone is 5. The summed E-state index contributed by atoms with van der Waals surface area (Å²) in [7, 11) is 0. The van der Waals surface area contributed by atoms with E-state index in [1.807, 2.05) is 12.2 Å². The monoisotopic (exact) mass is 618 g/mol. The molecule has 0 aliphatic rings. The fourth-order valence-corrected chi connectivity index (χ4v) is 5.64. The Kier molecular flexibility index (Phi) is 34.9. The molecule has 0 radical (unpaired) electrons. The van der Waals surface area contributed by atoms with Crippen molar-refractivity contribution in [3.63, 3.8) is 0 Å². The van der Waals surface area contributed by atoms with E-state index in [4.69, 9.17) is 0 Å². The maximum Gasteiger partial charge on any atom is 0.220 e. The first-order valence-electron chi connectivity index (χ1n) is 19.2. The molecule has 4 heteroatoms. The lowest BCUT2D eigenvalue weighted by molar-refractivity contribution is -0.122. The topological polar surface area (TPSA) is 69.6 Å². The molecule has 0 saturated carbocycles. The number of hydrogen-bond donors (Lipinski definition) is 3. The molecule has 0 heterocycles. The molecule has 258 valence electrons. The Balaban J connectivity index is 3.66. The molecule has 0 aromatic rings. The Hall–Kier alpha value is -1.39. The maximum absolute atomic E-state index is 12.3. The molecule has 0 aromatic carbocycles. The zero-order valence-corrected chi connectivity index (χ0v) is 29.4. The van der Waals surface area contributed by atoms with Crippen molar-refractivity contribution in [1.29, 1.82) is 0 Å². The van der Waals surface area contributed by atoms with Crippen LogP contribution in [0.5, 0.6) is 0 Å². The summed E-state index contributed by atoms with van der Waals surface area (Å²) in [6.07, 6.45) is 46.7. The van der Waals surface area contributed by atoms with E-state index in [0.29, 0.717) is 12.8 Å². The van der Waals surface area contributed by atoms with Crippen LogP contribution in [-0.2, 0) is 4.79 Å². The number of rotatable bonds is 34. The van der Waals surface area contributed by atoms with Gasteiger partial charge in [-0.1, -0.05) is 185 Å². The Labute approximate surface area is 274 Å². The minimum Gasteiger partial charge on any atom is -0.394 e. The molecule has 44 heavy (non-hydrogen) atoms. The lowest BCUT2D eigenvalue weighted by atomic mass is 10.0. The van der Waals surface area contributed by atoms with Crippen LogP contribution >= 0.6 is 0 Å². The predicted molar refractivity (Wildman–Crippen MR) is 193 cm³/mol. The molecule has 0 aromatic heterocycles. The molecule has 0 aliphatic heterocycles. The molecule has 0 bridgehead atoms. The van der Waals surface area contributed by atoms with Gasteiger partial charge >= 0.3 is 0 Å². The molecule has 0 rings (SSSR count). The SMILES string of the molecule is CCCCCCCC/C=C\C/C=C\CCC(=O)NC(CO)C(O)/C=C/CCCCCCCCCCCCCCCCCCC. The van der Waals surface area contributed by atoms with Crippen LogP contribution in [0.1, 0.15) is 194 Å². The number of nitrogens with one attached hydrogen (secondary N) is 1. The van der Waals surface area contributed by atoms with Crippen LogP contribution in [0.2, 0.25) is 0 Å². The molecule has 0 fully saturated rings. The summed E-state index contributed by atoms with van der Waals surface area (Å²) in [6.45, 7) is 4.27. The highest BCUT2D eigenvalue weighted by Crippen LogP contribution is 2.14. The van der Waals surface area contributed by atoms with Crippen LogP contribution < -0.4 is 5.32 Å². The minimum atomic E-state index is -0.859. The van der Waals surface area contributed by atoms with E-state index in [-0.39, 0.29) is 12.5 Å². The van der Waals surface area contributed by atoms with E-state index >= 15 is 0 Å². The standard InChI is InChI=1S/C40H75NO3/c1-3-5-7-9-11-13-15-17-18-19-20-21-22-24-25-27-29-31-33-35-39(43)38(37-42)41-40(44)36-34-32-30-28-26-23-16-14-12-10-8-6-4-2/h23,26,30,32-33,35,38-39,42-43H,3-22,24-25,27-29,31,34,36-37H2,1-2H3,(H,41,44)/b26-23-,32-30-,35-33+. The van der Waals surface area contributed by atoms with Crippen molar-refractivity contribution in [2.45, 2.75) is 206 Å². The molecule has 0 spiro atoms. The van der Waals surface area contributed by atoms with E-state index in [9.17, 15) is 15.0 Å². The summed E-state index contributed by atoms with van der Waals surface area (Å²) >= 11 is 0. The minimum absolute atomic E-state index is 0.132. The summed E-state index contributed by atoms with van der Waals surface area (Å²) in [6, 6.07) is -0.650. The number of carbonyl (C=O) groups is 1. The Morgan fingerprint density at radius 2 is 0.932 bits per heavy atom. The van der Waals surface area contributed by atoms with Crippen molar-refractivity contribution in [2.24, 2.45) is 0 Å². The lowest BCUT2D eigenvalue weighted by Crippen LogP contribution is -2.45. The van der Waals surface area contributed by atoms with Gasteiger partial charge < -0.3 is 15.5 Å². The number of unbranched alkanes of at least 4 members (excludes halogenated alkanes) is 23. The smallest absolute Gasteiger partial charge is 0.220 e. The third-order valence-corrected chi connectivity index (χ3v) is 8.63. The Bertz CT molecular complexity index is 672. The van der Waals surface area contributed by atoms with Gasteiger partial charge in [-0.25, -0.2) is 0 Å². The van der Waals surface area contributed by atoms with E-state index in [1.165, 1.54) is 141 Å². The van der Waals surface area contributed by atoms with Crippen molar-refractivity contribution in [1.82, 2.24) is 5.32 Å². The fourth-order valence-electron chi connectivity index (χ4n) is 5.64. The quantitative estimate of drug-likeness (QED) is 0.0497. The van der Waals surface area contributed by atoms with Gasteiger partial charge in [-0.3, -0.25) is 4.79 Å². The number of amides is 1. The highest BCUT2D eigenvalue weighted by atomic mass is 16.3. The average Bonchev–Trinajstić information content (AvgIpc) is 3.03. The van der Waals surface area contributed by atoms with Crippen LogP contribution in [0.25, 0.3) is 0 Å². The molecular formula is C40H75NO3. The van der Waals surface area contributed by atoms with Gasteiger partial charge in [-0.15, -0.1) is 0 Å². The molecule has 4 nitrogen and oxygen atoms in total. The van der Waals surface area contributed by atoms with Gasteiger partial charge in [0.05, 0.1) is 18.8 Å². The normalized spacial score (nSPS) is 13.5. The summed E-state index contributed by atoms with van der Waals surface area (Å²) in [5.74, 6) is -0.132. The van der Waals surface area contributed by atoms with Crippen LogP contribution in [0.4, 0.5) is 0 Å². The van der Waals surface area contributed by atoms with Crippen molar-refractivity contribution >= 4 is 5.91 Å². The van der Waals surface area contributed by atoms with Gasteiger partial charge in [0, 0.05) is 6.42 Å². The first kappa shape index (κ1) is 42.6. The van der Waals surface area contributed by atoms with E-state index in [2.05, 4.69) is 37.4 Å². The van der Waals surface area contributed by atoms with Gasteiger partial charge in [-0.2, -0.15) is 0 Å². The summed E-state index contributed by atoms with van der Waals surface area (Å²) in [4.78, 5) is 12.3. The first-order chi connectivity index (χ1) is 21.7. The van der Waals surface area contributed by atoms with E-state index < -0.39 is 12.1 Å². The van der Waals surface area contributed by atoms with Crippen molar-refractivity contribution in [3.05, 3.63) is 36.5 Å². The van der Waals surface area contributed by atoms with Gasteiger partial charge in [0.25, 0.3) is 0 Å². The van der Waals surface area contributed by atoms with Crippen LogP contribution in [0.15, 0.2) is 36.5 Å². The zero-order valence-electron chi connectivity index (χ0n) is 29.4. The average molecular weight is 618 g/mol. The van der Waals surface area contributed by atoms with Crippen LogP contribution in [0, 0.1) is 0 Å². The molecular weight excluding hydrogens is 542 g/mol. The Morgan fingerprint density at radius 3 is 1.36 bits per heavy atom. The highest BCUT2D eigenvalue weighted by molar-refractivity contribution is 5.76. The van der Waals surface area contributed by atoms with Gasteiger partial charge in [-0.05, 0) is 38.5 Å². The number of hydrogen-bond acceptors (Lipinski definition) is 3. The zero-order chi connectivity index (χ0) is 32.2. The largest absolute Gasteiger partial charge is 0.394 e. The molecule has 2 atom stereocenters. The van der Waals surface area contributed by atoms with Crippen molar-refractivity contribution in [2.75, 3.05) is 6.61 Å². The second kappa shape index (κ2) is 36.1. The fraction of sp³-hybridized carbons (Fsp3) is 0.825. The first-order valence-corrected chi connectivity index (χ1v) is 19.2. The predicted octanol–water partition coefficient (Wildman–Crippen LogP) is 11.5. The van der Waals surface area contributed by atoms with Gasteiger partial charge in [0.15, 0.2) is 0 Å².